The van der Waals surface area contributed by atoms with Crippen molar-refractivity contribution in [1.82, 2.24) is 0 Å². The van der Waals surface area contributed by atoms with Gasteiger partial charge in [-0.15, -0.1) is 11.8 Å². The molecule has 0 radical (unpaired) electrons. The molecule has 0 saturated carbocycles. The Morgan fingerprint density at radius 2 is 1.92 bits per heavy atom. The molecule has 0 aromatic heterocycles. The third-order valence-corrected chi connectivity index (χ3v) is 4.38. The Morgan fingerprint density at radius 3 is 2.67 bits per heavy atom. The Labute approximate surface area is 145 Å². The van der Waals surface area contributed by atoms with Crippen LogP contribution in [0.5, 0.6) is 17.2 Å². The number of methoxy groups -OCH3 is 1. The van der Waals surface area contributed by atoms with Crippen LogP contribution in [0.4, 0.5) is 5.69 Å². The van der Waals surface area contributed by atoms with Crippen molar-refractivity contribution in [3.05, 3.63) is 42.0 Å². The first-order valence-electron chi connectivity index (χ1n) is 7.64. The second-order valence-corrected chi connectivity index (χ2v) is 6.11. The topological polar surface area (TPSA) is 56.8 Å². The zero-order valence-corrected chi connectivity index (χ0v) is 14.4. The number of ether oxygens (including phenoxy) is 3. The van der Waals surface area contributed by atoms with E-state index in [0.717, 1.165) is 11.3 Å². The first-order valence-corrected chi connectivity index (χ1v) is 8.87. The SMILES string of the molecule is COc1cc(SC)ccc1C(=O)Nc1ccc2c(c1)OCCCO2. The Balaban J connectivity index is 1.81. The fraction of sp³-hybridized carbons (Fsp3) is 0.278. The summed E-state index contributed by atoms with van der Waals surface area (Å²) in [7, 11) is 1.56. The normalized spacial score (nSPS) is 13.1. The first kappa shape index (κ1) is 16.5. The summed E-state index contributed by atoms with van der Waals surface area (Å²) in [5.41, 5.74) is 1.14. The van der Waals surface area contributed by atoms with E-state index in [1.54, 1.807) is 37.1 Å². The van der Waals surface area contributed by atoms with E-state index < -0.39 is 0 Å². The monoisotopic (exact) mass is 345 g/mol. The van der Waals surface area contributed by atoms with Crippen LogP contribution in [0.2, 0.25) is 0 Å². The minimum Gasteiger partial charge on any atom is -0.496 e. The highest BCUT2D eigenvalue weighted by Gasteiger charge is 2.15. The van der Waals surface area contributed by atoms with Gasteiger partial charge in [-0.1, -0.05) is 0 Å². The van der Waals surface area contributed by atoms with Crippen LogP contribution in [0.25, 0.3) is 0 Å². The lowest BCUT2D eigenvalue weighted by molar-refractivity contribution is 0.102. The number of fused-ring (bicyclic) bond motifs is 1. The lowest BCUT2D eigenvalue weighted by Gasteiger charge is -2.12. The predicted molar refractivity (Wildman–Crippen MR) is 94.8 cm³/mol. The van der Waals surface area contributed by atoms with E-state index in [9.17, 15) is 4.79 Å². The van der Waals surface area contributed by atoms with E-state index in [-0.39, 0.29) is 5.91 Å². The van der Waals surface area contributed by atoms with Crippen LogP contribution < -0.4 is 19.5 Å². The predicted octanol–water partition coefficient (Wildman–Crippen LogP) is 3.83. The molecule has 0 fully saturated rings. The summed E-state index contributed by atoms with van der Waals surface area (Å²) >= 11 is 1.60. The second kappa shape index (κ2) is 7.49. The van der Waals surface area contributed by atoms with Gasteiger partial charge in [0.25, 0.3) is 5.91 Å². The van der Waals surface area contributed by atoms with Crippen molar-refractivity contribution in [3.8, 4) is 17.2 Å². The van der Waals surface area contributed by atoms with Crippen LogP contribution in [-0.2, 0) is 0 Å². The number of benzene rings is 2. The molecule has 0 aliphatic carbocycles. The Morgan fingerprint density at radius 1 is 1.12 bits per heavy atom. The van der Waals surface area contributed by atoms with Crippen LogP contribution in [0.15, 0.2) is 41.3 Å². The summed E-state index contributed by atoms with van der Waals surface area (Å²) in [5.74, 6) is 1.67. The molecule has 24 heavy (non-hydrogen) atoms. The largest absolute Gasteiger partial charge is 0.496 e. The van der Waals surface area contributed by atoms with Gasteiger partial charge < -0.3 is 19.5 Å². The van der Waals surface area contributed by atoms with Gasteiger partial charge in [0, 0.05) is 23.1 Å². The standard InChI is InChI=1S/C18H19NO4S/c1-21-16-11-13(24-2)5-6-14(16)18(20)19-12-4-7-15-17(10-12)23-9-3-8-22-15/h4-7,10-11H,3,8-9H2,1-2H3,(H,19,20). The molecule has 0 bridgehead atoms. The quantitative estimate of drug-likeness (QED) is 0.854. The summed E-state index contributed by atoms with van der Waals surface area (Å²) in [5, 5.41) is 2.88. The van der Waals surface area contributed by atoms with Crippen LogP contribution in [0, 0.1) is 0 Å². The van der Waals surface area contributed by atoms with Gasteiger partial charge in [-0.2, -0.15) is 0 Å². The van der Waals surface area contributed by atoms with E-state index in [4.69, 9.17) is 14.2 Å². The van der Waals surface area contributed by atoms with E-state index >= 15 is 0 Å². The molecule has 2 aromatic carbocycles. The Kier molecular flexibility index (Phi) is 5.15. The summed E-state index contributed by atoms with van der Waals surface area (Å²) in [6, 6.07) is 10.9. The van der Waals surface area contributed by atoms with Crippen LogP contribution >= 0.6 is 11.8 Å². The molecule has 1 heterocycles. The molecule has 3 rings (SSSR count). The highest BCUT2D eigenvalue weighted by molar-refractivity contribution is 7.98. The third kappa shape index (κ3) is 3.59. The maximum atomic E-state index is 12.6. The van der Waals surface area contributed by atoms with E-state index in [1.165, 1.54) is 0 Å². The van der Waals surface area contributed by atoms with Crippen molar-refractivity contribution < 1.29 is 19.0 Å². The summed E-state index contributed by atoms with van der Waals surface area (Å²) in [6.45, 7) is 1.24. The maximum Gasteiger partial charge on any atom is 0.259 e. The maximum absolute atomic E-state index is 12.6. The average molecular weight is 345 g/mol. The van der Waals surface area contributed by atoms with Crippen molar-refractivity contribution in [3.63, 3.8) is 0 Å². The zero-order chi connectivity index (χ0) is 16.9. The molecule has 5 nitrogen and oxygen atoms in total. The average Bonchev–Trinajstić information content (AvgIpc) is 2.86. The van der Waals surface area contributed by atoms with Crippen molar-refractivity contribution in [2.45, 2.75) is 11.3 Å². The van der Waals surface area contributed by atoms with Gasteiger partial charge in [0.1, 0.15) is 5.75 Å². The molecular weight excluding hydrogens is 326 g/mol. The number of amides is 1. The number of anilines is 1. The molecular formula is C18H19NO4S. The van der Waals surface area contributed by atoms with Gasteiger partial charge in [0.05, 0.1) is 25.9 Å². The van der Waals surface area contributed by atoms with Gasteiger partial charge in [-0.25, -0.2) is 0 Å². The molecule has 6 heteroatoms. The number of carbonyl (C=O) groups excluding carboxylic acids is 1. The highest BCUT2D eigenvalue weighted by Crippen LogP contribution is 2.33. The minimum absolute atomic E-state index is 0.228. The first-order chi connectivity index (χ1) is 11.7. The Bertz CT molecular complexity index is 748. The van der Waals surface area contributed by atoms with Crippen molar-refractivity contribution >= 4 is 23.4 Å². The molecule has 1 aliphatic heterocycles. The lowest BCUT2D eigenvalue weighted by Crippen LogP contribution is -2.13. The smallest absolute Gasteiger partial charge is 0.259 e. The number of hydrogen-bond acceptors (Lipinski definition) is 5. The number of thioether (sulfide) groups is 1. The molecule has 0 spiro atoms. The van der Waals surface area contributed by atoms with E-state index in [0.29, 0.717) is 41.7 Å². The minimum atomic E-state index is -0.228. The number of hydrogen-bond donors (Lipinski definition) is 1. The van der Waals surface area contributed by atoms with Gasteiger partial charge in [-0.05, 0) is 36.6 Å². The van der Waals surface area contributed by atoms with Crippen molar-refractivity contribution in [2.75, 3.05) is 31.9 Å². The fourth-order valence-corrected chi connectivity index (χ4v) is 2.85. The number of carbonyl (C=O) groups is 1. The lowest BCUT2D eigenvalue weighted by atomic mass is 10.1. The number of rotatable bonds is 4. The van der Waals surface area contributed by atoms with Gasteiger partial charge in [0.2, 0.25) is 0 Å². The van der Waals surface area contributed by atoms with Crippen molar-refractivity contribution in [2.24, 2.45) is 0 Å². The molecule has 1 N–H and O–H groups in total. The summed E-state index contributed by atoms with van der Waals surface area (Å²) in [6.07, 6.45) is 2.82. The van der Waals surface area contributed by atoms with Crippen molar-refractivity contribution in [1.29, 1.82) is 0 Å². The van der Waals surface area contributed by atoms with Crippen LogP contribution in [-0.4, -0.2) is 32.5 Å². The van der Waals surface area contributed by atoms with Crippen LogP contribution in [0.3, 0.4) is 0 Å². The molecule has 126 valence electrons. The molecule has 2 aromatic rings. The highest BCUT2D eigenvalue weighted by atomic mass is 32.2. The molecule has 1 amide bonds. The Hall–Kier alpha value is -2.34. The van der Waals surface area contributed by atoms with Crippen LogP contribution in [0.1, 0.15) is 16.8 Å². The fourth-order valence-electron chi connectivity index (χ4n) is 2.43. The van der Waals surface area contributed by atoms with E-state index in [1.807, 2.05) is 24.5 Å². The summed E-state index contributed by atoms with van der Waals surface area (Å²) < 4.78 is 16.6. The summed E-state index contributed by atoms with van der Waals surface area (Å²) in [4.78, 5) is 13.6. The number of nitrogens with one attached hydrogen (secondary N) is 1. The third-order valence-electron chi connectivity index (χ3n) is 3.66. The van der Waals surface area contributed by atoms with Gasteiger partial charge in [0.15, 0.2) is 11.5 Å². The zero-order valence-electron chi connectivity index (χ0n) is 13.6. The van der Waals surface area contributed by atoms with Gasteiger partial charge in [-0.3, -0.25) is 4.79 Å². The molecule has 0 atom stereocenters. The van der Waals surface area contributed by atoms with E-state index in [2.05, 4.69) is 5.32 Å². The molecule has 0 unspecified atom stereocenters. The second-order valence-electron chi connectivity index (χ2n) is 5.23. The molecule has 0 saturated heterocycles. The molecule has 1 aliphatic rings. The van der Waals surface area contributed by atoms with Gasteiger partial charge >= 0.3 is 0 Å².